The molecule has 0 saturated carbocycles. The Balaban J connectivity index is 1.44. The summed E-state index contributed by atoms with van der Waals surface area (Å²) in [5, 5.41) is 3.09. The molecule has 0 aromatic heterocycles. The Labute approximate surface area is 185 Å². The van der Waals surface area contributed by atoms with Crippen LogP contribution < -0.4 is 5.32 Å². The Hall–Kier alpha value is -2.66. The fourth-order valence-corrected chi connectivity index (χ4v) is 4.79. The van der Waals surface area contributed by atoms with E-state index in [1.54, 1.807) is 0 Å². The predicted octanol–water partition coefficient (Wildman–Crippen LogP) is 4.40. The number of rotatable bonds is 5. The molecule has 0 unspecified atom stereocenters. The lowest BCUT2D eigenvalue weighted by atomic mass is 9.92. The minimum absolute atomic E-state index is 0.0177. The van der Waals surface area contributed by atoms with Crippen molar-refractivity contribution in [2.45, 2.75) is 45.1 Å². The topological polar surface area (TPSA) is 52.7 Å². The maximum absolute atomic E-state index is 13.3. The minimum Gasteiger partial charge on any atom is -0.342 e. The summed E-state index contributed by atoms with van der Waals surface area (Å²) in [6.07, 6.45) is 5.11. The van der Waals surface area contributed by atoms with Crippen molar-refractivity contribution >= 4 is 17.5 Å². The second-order valence-corrected chi connectivity index (χ2v) is 8.86. The van der Waals surface area contributed by atoms with Crippen molar-refractivity contribution in [1.82, 2.24) is 9.80 Å². The molecule has 164 valence electrons. The molecule has 2 saturated heterocycles. The van der Waals surface area contributed by atoms with E-state index in [1.807, 2.05) is 61.5 Å². The number of amides is 2. The zero-order valence-corrected chi connectivity index (χ0v) is 18.4. The smallest absolute Gasteiger partial charge is 0.246 e. The number of likely N-dealkylation sites (tertiary alicyclic amines) is 2. The normalized spacial score (nSPS) is 19.1. The highest BCUT2D eigenvalue weighted by Crippen LogP contribution is 2.29. The lowest BCUT2D eigenvalue weighted by molar-refractivity contribution is -0.138. The SMILES string of the molecule is Cc1ccc(NC(=O)[C@H](c2ccccc2)N2CCC(C(=O)N3CCCCC3)CC2)cc1. The Morgan fingerprint density at radius 2 is 1.52 bits per heavy atom. The molecule has 0 aliphatic carbocycles. The summed E-state index contributed by atoms with van der Waals surface area (Å²) in [6.45, 7) is 5.36. The first-order valence-corrected chi connectivity index (χ1v) is 11.6. The molecule has 2 aliphatic rings. The molecule has 0 spiro atoms. The van der Waals surface area contributed by atoms with E-state index in [0.717, 1.165) is 68.7 Å². The van der Waals surface area contributed by atoms with Crippen molar-refractivity contribution in [2.75, 3.05) is 31.5 Å². The molecule has 1 atom stereocenters. The Kier molecular flexibility index (Phi) is 7.03. The first-order chi connectivity index (χ1) is 15.1. The van der Waals surface area contributed by atoms with Crippen LogP contribution in [0, 0.1) is 12.8 Å². The highest BCUT2D eigenvalue weighted by Gasteiger charge is 2.34. The molecule has 4 rings (SSSR count). The lowest BCUT2D eigenvalue weighted by Gasteiger charge is -2.38. The molecule has 2 aromatic carbocycles. The van der Waals surface area contributed by atoms with Gasteiger partial charge in [0.1, 0.15) is 6.04 Å². The van der Waals surface area contributed by atoms with E-state index in [9.17, 15) is 9.59 Å². The number of nitrogens with zero attached hydrogens (tertiary/aromatic N) is 2. The van der Waals surface area contributed by atoms with Gasteiger partial charge in [0, 0.05) is 24.7 Å². The average molecular weight is 420 g/mol. The van der Waals surface area contributed by atoms with Gasteiger partial charge in [0.2, 0.25) is 11.8 Å². The average Bonchev–Trinajstić information content (AvgIpc) is 2.82. The van der Waals surface area contributed by atoms with Crippen LogP contribution in [0.4, 0.5) is 5.69 Å². The van der Waals surface area contributed by atoms with Gasteiger partial charge in [-0.25, -0.2) is 0 Å². The van der Waals surface area contributed by atoms with Crippen LogP contribution in [0.5, 0.6) is 0 Å². The van der Waals surface area contributed by atoms with Crippen LogP contribution in [0.15, 0.2) is 54.6 Å². The monoisotopic (exact) mass is 419 g/mol. The van der Waals surface area contributed by atoms with E-state index in [1.165, 1.54) is 6.42 Å². The molecule has 2 fully saturated rings. The summed E-state index contributed by atoms with van der Waals surface area (Å²) in [4.78, 5) is 30.6. The van der Waals surface area contributed by atoms with E-state index >= 15 is 0 Å². The first kappa shape index (κ1) is 21.6. The van der Waals surface area contributed by atoms with Crippen LogP contribution in [0.3, 0.4) is 0 Å². The molecular weight excluding hydrogens is 386 g/mol. The van der Waals surface area contributed by atoms with Crippen LogP contribution >= 0.6 is 0 Å². The van der Waals surface area contributed by atoms with Crippen molar-refractivity contribution in [2.24, 2.45) is 5.92 Å². The maximum Gasteiger partial charge on any atom is 0.246 e. The first-order valence-electron chi connectivity index (χ1n) is 11.6. The summed E-state index contributed by atoms with van der Waals surface area (Å²) in [5.41, 5.74) is 2.97. The standard InChI is InChI=1S/C26H33N3O2/c1-20-10-12-23(13-11-20)27-25(30)24(21-8-4-2-5-9-21)28-18-14-22(15-19-28)26(31)29-16-6-3-7-17-29/h2,4-5,8-13,22,24H,3,6-7,14-19H2,1H3,(H,27,30)/t24-/m0/s1. The lowest BCUT2D eigenvalue weighted by Crippen LogP contribution is -2.47. The zero-order valence-electron chi connectivity index (χ0n) is 18.4. The maximum atomic E-state index is 13.3. The summed E-state index contributed by atoms with van der Waals surface area (Å²) in [6, 6.07) is 17.5. The number of anilines is 1. The Morgan fingerprint density at radius 3 is 2.16 bits per heavy atom. The summed E-state index contributed by atoms with van der Waals surface area (Å²) in [5.74, 6) is 0.390. The van der Waals surface area contributed by atoms with Crippen molar-refractivity contribution in [1.29, 1.82) is 0 Å². The highest BCUT2D eigenvalue weighted by atomic mass is 16.2. The van der Waals surface area contributed by atoms with Crippen LogP contribution in [-0.2, 0) is 9.59 Å². The van der Waals surface area contributed by atoms with E-state index in [2.05, 4.69) is 15.1 Å². The van der Waals surface area contributed by atoms with Crippen molar-refractivity contribution < 1.29 is 9.59 Å². The number of nitrogens with one attached hydrogen (secondary N) is 1. The molecule has 2 aliphatic heterocycles. The second-order valence-electron chi connectivity index (χ2n) is 8.86. The van der Waals surface area contributed by atoms with E-state index < -0.39 is 0 Å². The van der Waals surface area contributed by atoms with Gasteiger partial charge in [-0.15, -0.1) is 0 Å². The van der Waals surface area contributed by atoms with Gasteiger partial charge in [0.15, 0.2) is 0 Å². The molecule has 0 bridgehead atoms. The number of aryl methyl sites for hydroxylation is 1. The van der Waals surface area contributed by atoms with Gasteiger partial charge in [0.05, 0.1) is 0 Å². The summed E-state index contributed by atoms with van der Waals surface area (Å²) >= 11 is 0. The molecule has 0 radical (unpaired) electrons. The quantitative estimate of drug-likeness (QED) is 0.782. The van der Waals surface area contributed by atoms with Gasteiger partial charge < -0.3 is 10.2 Å². The molecule has 1 N–H and O–H groups in total. The molecule has 5 heteroatoms. The molecule has 2 aromatic rings. The van der Waals surface area contributed by atoms with Crippen LogP contribution in [0.1, 0.15) is 49.3 Å². The predicted molar refractivity (Wildman–Crippen MR) is 124 cm³/mol. The zero-order chi connectivity index (χ0) is 21.6. The molecule has 2 amide bonds. The number of carbonyl (C=O) groups excluding carboxylic acids is 2. The third-order valence-corrected chi connectivity index (χ3v) is 6.59. The number of benzene rings is 2. The van der Waals surface area contributed by atoms with Gasteiger partial charge >= 0.3 is 0 Å². The molecule has 2 heterocycles. The second kappa shape index (κ2) is 10.1. The Bertz CT molecular complexity index is 867. The number of piperidine rings is 2. The number of hydrogen-bond donors (Lipinski definition) is 1. The van der Waals surface area contributed by atoms with Gasteiger partial charge in [-0.05, 0) is 69.8 Å². The van der Waals surface area contributed by atoms with Gasteiger partial charge in [-0.2, -0.15) is 0 Å². The molecule has 5 nitrogen and oxygen atoms in total. The van der Waals surface area contributed by atoms with Gasteiger partial charge in [-0.3, -0.25) is 14.5 Å². The van der Waals surface area contributed by atoms with E-state index in [0.29, 0.717) is 5.91 Å². The fraction of sp³-hybridized carbons (Fsp3) is 0.462. The fourth-order valence-electron chi connectivity index (χ4n) is 4.79. The number of carbonyl (C=O) groups is 2. The van der Waals surface area contributed by atoms with Crippen LogP contribution in [0.2, 0.25) is 0 Å². The van der Waals surface area contributed by atoms with Gasteiger partial charge in [0.25, 0.3) is 0 Å². The summed E-state index contributed by atoms with van der Waals surface area (Å²) in [7, 11) is 0. The molecular formula is C26H33N3O2. The minimum atomic E-state index is -0.353. The molecule has 31 heavy (non-hydrogen) atoms. The van der Waals surface area contributed by atoms with E-state index in [4.69, 9.17) is 0 Å². The van der Waals surface area contributed by atoms with Crippen LogP contribution in [-0.4, -0.2) is 47.8 Å². The largest absolute Gasteiger partial charge is 0.342 e. The highest BCUT2D eigenvalue weighted by molar-refractivity contribution is 5.95. The third kappa shape index (κ3) is 5.34. The van der Waals surface area contributed by atoms with Crippen molar-refractivity contribution in [3.63, 3.8) is 0 Å². The van der Waals surface area contributed by atoms with Crippen molar-refractivity contribution in [3.8, 4) is 0 Å². The Morgan fingerprint density at radius 1 is 0.871 bits per heavy atom. The van der Waals surface area contributed by atoms with E-state index in [-0.39, 0.29) is 17.9 Å². The van der Waals surface area contributed by atoms with Crippen LogP contribution in [0.25, 0.3) is 0 Å². The van der Waals surface area contributed by atoms with Gasteiger partial charge in [-0.1, -0.05) is 48.0 Å². The third-order valence-electron chi connectivity index (χ3n) is 6.59. The van der Waals surface area contributed by atoms with Crippen molar-refractivity contribution in [3.05, 3.63) is 65.7 Å². The number of hydrogen-bond acceptors (Lipinski definition) is 3. The summed E-state index contributed by atoms with van der Waals surface area (Å²) < 4.78 is 0.